The summed E-state index contributed by atoms with van der Waals surface area (Å²) < 4.78 is 10.8. The Morgan fingerprint density at radius 2 is 0.882 bits per heavy atom. The third-order valence-corrected chi connectivity index (χ3v) is 17.2. The molecule has 0 unspecified atom stereocenters. The number of Topliss-reactive ketones (excluding diaryl/α,β-unsaturated/α-hetero) is 2. The number of halogens is 2. The van der Waals surface area contributed by atoms with Gasteiger partial charge in [0.15, 0.2) is 11.6 Å². The lowest BCUT2D eigenvalue weighted by Crippen LogP contribution is -2.36. The molecule has 2 amide bonds. The molecule has 12 rings (SSSR count). The maximum Gasteiger partial charge on any atom is 0.238 e. The summed E-state index contributed by atoms with van der Waals surface area (Å²) >= 11 is 12.2. The van der Waals surface area contributed by atoms with Crippen molar-refractivity contribution < 1.29 is 28.7 Å². The SMILES string of the molecule is O=C(CCCCN1CCOCC1)c1cccc(CN2C(=O)[C@@]3(C[C@H]3c3ccc(Cl)cc3)c3ccccc32)c1.O=C(CCCCN1CCOCC1)c1cccc(CN2C(=O)[C@]3(C[C@@H]3c3ccc(Cl)cc3)c3ccccc32)c1. The number of carbonyl (C=O) groups is 4. The predicted molar refractivity (Wildman–Crippen MR) is 300 cm³/mol. The lowest BCUT2D eigenvalue weighted by molar-refractivity contribution is -0.121. The molecule has 0 aromatic heterocycles. The molecule has 6 aliphatic rings. The van der Waals surface area contributed by atoms with Crippen molar-refractivity contribution in [3.05, 3.63) is 200 Å². The standard InChI is InChI=1S/2C32H33ClN2O3/c2*33-26-13-11-24(12-14-26)28-21-32(28)27-8-1-2-9-29(27)35(31(32)37)22-23-6-5-7-25(20-23)30(36)10-3-4-15-34-16-18-38-19-17-34/h2*1-2,5-9,11-14,20,28H,3-4,10,15-19,21-22H2/t2*28-,32-/m10/s1. The zero-order valence-electron chi connectivity index (χ0n) is 43.1. The molecule has 2 saturated heterocycles. The molecule has 0 radical (unpaired) electrons. The Kier molecular flexibility index (Phi) is 15.7. The molecule has 4 atom stereocenters. The number of ether oxygens (including phenoxy) is 2. The van der Waals surface area contributed by atoms with Gasteiger partial charge in [0.1, 0.15) is 0 Å². The Hall–Kier alpha value is -5.98. The van der Waals surface area contributed by atoms with E-state index in [1.165, 1.54) is 0 Å². The molecule has 4 aliphatic heterocycles. The second-order valence-electron chi connectivity index (χ2n) is 21.4. The fraction of sp³-hybridized carbons (Fsp3) is 0.375. The Labute approximate surface area is 456 Å². The number of hydrogen-bond donors (Lipinski definition) is 0. The van der Waals surface area contributed by atoms with Crippen LogP contribution in [0, 0.1) is 0 Å². The van der Waals surface area contributed by atoms with Gasteiger partial charge in [0.05, 0.1) is 50.3 Å². The van der Waals surface area contributed by atoms with Crippen molar-refractivity contribution in [2.24, 2.45) is 0 Å². The highest BCUT2D eigenvalue weighted by Crippen LogP contribution is 2.67. The van der Waals surface area contributed by atoms with E-state index in [9.17, 15) is 19.2 Å². The van der Waals surface area contributed by atoms with Gasteiger partial charge in [-0.3, -0.25) is 29.0 Å². The summed E-state index contributed by atoms with van der Waals surface area (Å²) in [5.41, 5.74) is 8.90. The van der Waals surface area contributed by atoms with Crippen LogP contribution in [0.2, 0.25) is 10.0 Å². The van der Waals surface area contributed by atoms with Crippen LogP contribution in [0.15, 0.2) is 146 Å². The molecule has 0 bridgehead atoms. The van der Waals surface area contributed by atoms with Crippen molar-refractivity contribution in [2.75, 3.05) is 75.5 Å². The summed E-state index contributed by atoms with van der Waals surface area (Å²) in [6.45, 7) is 10.1. The Bertz CT molecular complexity index is 2880. The minimum absolute atomic E-state index is 0.151. The van der Waals surface area contributed by atoms with E-state index < -0.39 is 10.8 Å². The molecule has 6 aromatic rings. The number of unbranched alkanes of at least 4 members (excludes halogenated alkanes) is 2. The molecule has 392 valence electrons. The van der Waals surface area contributed by atoms with Crippen molar-refractivity contribution in [2.45, 2.75) is 87.1 Å². The predicted octanol–water partition coefficient (Wildman–Crippen LogP) is 12.0. The molecular formula is C64H66Cl2N4O6. The summed E-state index contributed by atoms with van der Waals surface area (Å²) in [4.78, 5) is 62.5. The summed E-state index contributed by atoms with van der Waals surface area (Å²) in [5, 5.41) is 1.41. The molecule has 6 aromatic carbocycles. The van der Waals surface area contributed by atoms with Gasteiger partial charge < -0.3 is 19.3 Å². The van der Waals surface area contributed by atoms with E-state index in [4.69, 9.17) is 32.7 Å². The molecule has 2 saturated carbocycles. The monoisotopic (exact) mass is 1060 g/mol. The van der Waals surface area contributed by atoms with Crippen LogP contribution in [0.5, 0.6) is 0 Å². The first-order valence-electron chi connectivity index (χ1n) is 27.3. The zero-order chi connectivity index (χ0) is 52.2. The largest absolute Gasteiger partial charge is 0.379 e. The molecule has 4 fully saturated rings. The third-order valence-electron chi connectivity index (χ3n) is 16.7. The van der Waals surface area contributed by atoms with Crippen LogP contribution in [0.3, 0.4) is 0 Å². The number of amides is 2. The number of nitrogens with zero attached hydrogens (tertiary/aromatic N) is 4. The summed E-state index contributed by atoms with van der Waals surface area (Å²) in [5.74, 6) is 0.955. The highest BCUT2D eigenvalue weighted by Gasteiger charge is 2.68. The summed E-state index contributed by atoms with van der Waals surface area (Å²) in [7, 11) is 0. The normalized spacial score (nSPS) is 22.6. The van der Waals surface area contributed by atoms with Crippen LogP contribution in [-0.4, -0.2) is 98.9 Å². The van der Waals surface area contributed by atoms with Gasteiger partial charge in [-0.25, -0.2) is 0 Å². The van der Waals surface area contributed by atoms with Gasteiger partial charge in [-0.05, 0) is 134 Å². The van der Waals surface area contributed by atoms with Crippen LogP contribution in [0.25, 0.3) is 0 Å². The molecule has 0 N–H and O–H groups in total. The summed E-state index contributed by atoms with van der Waals surface area (Å²) in [6, 6.07) is 47.7. The lowest BCUT2D eigenvalue weighted by Gasteiger charge is -2.26. The molecule has 76 heavy (non-hydrogen) atoms. The van der Waals surface area contributed by atoms with Crippen LogP contribution in [0.4, 0.5) is 11.4 Å². The second kappa shape index (κ2) is 22.9. The molecule has 2 aliphatic carbocycles. The number of rotatable bonds is 18. The van der Waals surface area contributed by atoms with E-state index in [0.717, 1.165) is 160 Å². The van der Waals surface area contributed by atoms with Gasteiger partial charge in [-0.15, -0.1) is 0 Å². The van der Waals surface area contributed by atoms with E-state index in [2.05, 4.69) is 21.9 Å². The number of hydrogen-bond acceptors (Lipinski definition) is 8. The van der Waals surface area contributed by atoms with Crippen LogP contribution in [-0.2, 0) is 43.0 Å². The summed E-state index contributed by atoms with van der Waals surface area (Å²) in [6.07, 6.45) is 6.51. The third kappa shape index (κ3) is 10.8. The average molecular weight is 1060 g/mol. The van der Waals surface area contributed by atoms with Crippen LogP contribution in [0.1, 0.15) is 117 Å². The van der Waals surface area contributed by atoms with E-state index in [1.54, 1.807) is 0 Å². The van der Waals surface area contributed by atoms with E-state index in [0.29, 0.717) is 36.0 Å². The van der Waals surface area contributed by atoms with Gasteiger partial charge in [-0.2, -0.15) is 0 Å². The van der Waals surface area contributed by atoms with Gasteiger partial charge in [-0.1, -0.05) is 120 Å². The van der Waals surface area contributed by atoms with E-state index in [1.807, 2.05) is 143 Å². The quantitative estimate of drug-likeness (QED) is 0.0620. The van der Waals surface area contributed by atoms with Crippen molar-refractivity contribution in [1.29, 1.82) is 0 Å². The van der Waals surface area contributed by atoms with Gasteiger partial charge in [0, 0.05) is 83.4 Å². The van der Waals surface area contributed by atoms with Gasteiger partial charge in [0.2, 0.25) is 11.8 Å². The van der Waals surface area contributed by atoms with Crippen molar-refractivity contribution >= 4 is 58.0 Å². The Morgan fingerprint density at radius 1 is 0.487 bits per heavy atom. The zero-order valence-corrected chi connectivity index (χ0v) is 44.7. The van der Waals surface area contributed by atoms with Crippen LogP contribution < -0.4 is 9.80 Å². The Morgan fingerprint density at radius 3 is 1.29 bits per heavy atom. The fourth-order valence-electron chi connectivity index (χ4n) is 12.4. The van der Waals surface area contributed by atoms with Crippen molar-refractivity contribution in [3.63, 3.8) is 0 Å². The molecule has 2 spiro atoms. The molecule has 4 heterocycles. The molecular weight excluding hydrogens is 992 g/mol. The maximum absolute atomic E-state index is 13.9. The van der Waals surface area contributed by atoms with E-state index >= 15 is 0 Å². The number of ketones is 2. The fourth-order valence-corrected chi connectivity index (χ4v) is 12.7. The number of carbonyl (C=O) groups excluding carboxylic acids is 4. The van der Waals surface area contributed by atoms with Crippen LogP contribution >= 0.6 is 23.2 Å². The number of anilines is 2. The maximum atomic E-state index is 13.9. The van der Waals surface area contributed by atoms with E-state index in [-0.39, 0.29) is 35.2 Å². The minimum Gasteiger partial charge on any atom is -0.379 e. The van der Waals surface area contributed by atoms with Gasteiger partial charge >= 0.3 is 0 Å². The number of para-hydroxylation sites is 2. The second-order valence-corrected chi connectivity index (χ2v) is 22.3. The molecule has 12 heteroatoms. The highest BCUT2D eigenvalue weighted by molar-refractivity contribution is 6.30. The van der Waals surface area contributed by atoms with Crippen molar-refractivity contribution in [3.8, 4) is 0 Å². The Balaban J connectivity index is 0.000000162. The minimum atomic E-state index is -0.502. The lowest BCUT2D eigenvalue weighted by atomic mass is 9.92. The van der Waals surface area contributed by atoms with Gasteiger partial charge in [0.25, 0.3) is 0 Å². The first-order valence-corrected chi connectivity index (χ1v) is 28.1. The number of benzene rings is 6. The highest BCUT2D eigenvalue weighted by atomic mass is 35.5. The number of morpholine rings is 2. The molecule has 10 nitrogen and oxygen atoms in total. The topological polar surface area (TPSA) is 99.7 Å². The number of fused-ring (bicyclic) bond motifs is 4. The van der Waals surface area contributed by atoms with Crippen molar-refractivity contribution in [1.82, 2.24) is 9.80 Å². The first-order chi connectivity index (χ1) is 37.1. The first kappa shape index (κ1) is 52.1. The smallest absolute Gasteiger partial charge is 0.238 e. The average Bonchev–Trinajstić information content (AvgIpc) is 4.56.